The van der Waals surface area contributed by atoms with Gasteiger partial charge in [-0.1, -0.05) is 52.3 Å². The Hall–Kier alpha value is -2.26. The number of phenols is 1. The fourth-order valence-corrected chi connectivity index (χ4v) is 3.21. The Labute approximate surface area is 130 Å². The van der Waals surface area contributed by atoms with Crippen molar-refractivity contribution >= 4 is 37.6 Å². The summed E-state index contributed by atoms with van der Waals surface area (Å²) >= 11 is 3.48. The van der Waals surface area contributed by atoms with Crippen molar-refractivity contribution in [3.8, 4) is 16.9 Å². The van der Waals surface area contributed by atoms with Crippen LogP contribution >= 0.6 is 15.9 Å². The lowest BCUT2D eigenvalue weighted by molar-refractivity contribution is 0.478. The molecule has 0 radical (unpaired) electrons. The Bertz CT molecular complexity index is 971. The highest BCUT2D eigenvalue weighted by Crippen LogP contribution is 2.40. The van der Waals surface area contributed by atoms with Crippen molar-refractivity contribution in [1.29, 1.82) is 0 Å². The smallest absolute Gasteiger partial charge is 0.124 e. The first kappa shape index (κ1) is 12.5. The molecule has 4 aromatic rings. The maximum absolute atomic E-state index is 10.4. The monoisotopic (exact) mass is 337 g/mol. The van der Waals surface area contributed by atoms with Crippen molar-refractivity contribution in [3.05, 3.63) is 65.3 Å². The molecule has 21 heavy (non-hydrogen) atoms. The first-order chi connectivity index (χ1) is 10.2. The molecule has 1 aromatic heterocycles. The molecule has 0 spiro atoms. The second kappa shape index (κ2) is 4.64. The molecular formula is C18H12BrNO. The molecule has 0 aliphatic heterocycles. The number of hydrogen-bond acceptors (Lipinski definition) is 1. The zero-order valence-electron chi connectivity index (χ0n) is 11.1. The molecule has 2 N–H and O–H groups in total. The minimum absolute atomic E-state index is 0.303. The number of H-pyrrole nitrogens is 1. The number of aromatic hydroxyl groups is 1. The first-order valence-corrected chi connectivity index (χ1v) is 7.51. The van der Waals surface area contributed by atoms with Gasteiger partial charge in [-0.05, 0) is 29.0 Å². The Morgan fingerprint density at radius 2 is 1.76 bits per heavy atom. The highest BCUT2D eigenvalue weighted by Gasteiger charge is 2.13. The minimum Gasteiger partial charge on any atom is -0.507 e. The average Bonchev–Trinajstić information content (AvgIpc) is 2.90. The predicted molar refractivity (Wildman–Crippen MR) is 90.6 cm³/mol. The van der Waals surface area contributed by atoms with Crippen LogP contribution < -0.4 is 0 Å². The molecule has 3 aromatic carbocycles. The van der Waals surface area contributed by atoms with E-state index in [0.29, 0.717) is 5.75 Å². The lowest BCUT2D eigenvalue weighted by Crippen LogP contribution is -1.82. The van der Waals surface area contributed by atoms with Gasteiger partial charge < -0.3 is 10.1 Å². The third kappa shape index (κ3) is 1.93. The summed E-state index contributed by atoms with van der Waals surface area (Å²) in [6.45, 7) is 0. The van der Waals surface area contributed by atoms with Crippen LogP contribution in [0.1, 0.15) is 0 Å². The van der Waals surface area contributed by atoms with E-state index in [2.05, 4.69) is 33.0 Å². The van der Waals surface area contributed by atoms with Crippen LogP contribution in [0.3, 0.4) is 0 Å². The van der Waals surface area contributed by atoms with Crippen molar-refractivity contribution < 1.29 is 5.11 Å². The number of rotatable bonds is 1. The van der Waals surface area contributed by atoms with Crippen LogP contribution in [-0.4, -0.2) is 10.1 Å². The standard InChI is InChI=1S/C18H12BrNO/c19-12-6-7-14-15(10-20-16(14)9-12)18-13-4-2-1-3-11(13)5-8-17(18)21/h1-10,20-21H. The summed E-state index contributed by atoms with van der Waals surface area (Å²) in [5.74, 6) is 0.303. The highest BCUT2D eigenvalue weighted by molar-refractivity contribution is 9.10. The number of fused-ring (bicyclic) bond motifs is 2. The second-order valence-electron chi connectivity index (χ2n) is 5.07. The van der Waals surface area contributed by atoms with Crippen LogP contribution in [0, 0.1) is 0 Å². The summed E-state index contributed by atoms with van der Waals surface area (Å²) in [5, 5.41) is 13.7. The van der Waals surface area contributed by atoms with E-state index in [9.17, 15) is 5.11 Å². The van der Waals surface area contributed by atoms with Crippen molar-refractivity contribution in [2.75, 3.05) is 0 Å². The molecule has 0 fully saturated rings. The van der Waals surface area contributed by atoms with Crippen molar-refractivity contribution in [2.45, 2.75) is 0 Å². The van der Waals surface area contributed by atoms with Gasteiger partial charge in [0.25, 0.3) is 0 Å². The van der Waals surface area contributed by atoms with Crippen LogP contribution in [-0.2, 0) is 0 Å². The Kier molecular flexibility index (Phi) is 2.76. The molecule has 0 bridgehead atoms. The summed E-state index contributed by atoms with van der Waals surface area (Å²) in [4.78, 5) is 3.28. The summed E-state index contributed by atoms with van der Waals surface area (Å²) < 4.78 is 1.03. The lowest BCUT2D eigenvalue weighted by Gasteiger charge is -2.08. The van der Waals surface area contributed by atoms with Gasteiger partial charge in [-0.15, -0.1) is 0 Å². The number of nitrogens with one attached hydrogen (secondary N) is 1. The van der Waals surface area contributed by atoms with Crippen molar-refractivity contribution in [2.24, 2.45) is 0 Å². The molecule has 0 saturated heterocycles. The molecule has 0 amide bonds. The van der Waals surface area contributed by atoms with Gasteiger partial charge in [-0.2, -0.15) is 0 Å². The largest absolute Gasteiger partial charge is 0.507 e. The third-order valence-electron chi connectivity index (χ3n) is 3.82. The van der Waals surface area contributed by atoms with Gasteiger partial charge in [0.15, 0.2) is 0 Å². The molecule has 102 valence electrons. The number of aromatic nitrogens is 1. The van der Waals surface area contributed by atoms with Crippen LogP contribution in [0.15, 0.2) is 65.3 Å². The first-order valence-electron chi connectivity index (χ1n) is 6.72. The second-order valence-corrected chi connectivity index (χ2v) is 5.99. The van der Waals surface area contributed by atoms with Crippen molar-refractivity contribution in [1.82, 2.24) is 4.98 Å². The van der Waals surface area contributed by atoms with Crippen LogP contribution in [0.25, 0.3) is 32.8 Å². The van der Waals surface area contributed by atoms with E-state index in [1.807, 2.05) is 42.6 Å². The molecule has 0 unspecified atom stereocenters. The van der Waals surface area contributed by atoms with Gasteiger partial charge in [0.1, 0.15) is 5.75 Å². The lowest BCUT2D eigenvalue weighted by atomic mass is 9.97. The van der Waals surface area contributed by atoms with E-state index in [-0.39, 0.29) is 0 Å². The maximum Gasteiger partial charge on any atom is 0.124 e. The summed E-state index contributed by atoms with van der Waals surface area (Å²) in [6, 6.07) is 17.9. The Balaban J connectivity index is 2.11. The van der Waals surface area contributed by atoms with Gasteiger partial charge in [-0.25, -0.2) is 0 Å². The zero-order valence-corrected chi connectivity index (χ0v) is 12.7. The normalized spacial score (nSPS) is 11.3. The average molecular weight is 338 g/mol. The molecule has 0 atom stereocenters. The van der Waals surface area contributed by atoms with Gasteiger partial charge in [0.2, 0.25) is 0 Å². The molecule has 3 heteroatoms. The molecule has 0 aliphatic rings. The Morgan fingerprint density at radius 3 is 2.67 bits per heavy atom. The van der Waals surface area contributed by atoms with E-state index in [1.54, 1.807) is 6.07 Å². The summed E-state index contributed by atoms with van der Waals surface area (Å²) in [6.07, 6.45) is 1.96. The van der Waals surface area contributed by atoms with E-state index < -0.39 is 0 Å². The van der Waals surface area contributed by atoms with Gasteiger partial charge in [-0.3, -0.25) is 0 Å². The fraction of sp³-hybridized carbons (Fsp3) is 0. The number of phenolic OH excluding ortho intramolecular Hbond substituents is 1. The molecule has 4 rings (SSSR count). The van der Waals surface area contributed by atoms with E-state index in [4.69, 9.17) is 0 Å². The van der Waals surface area contributed by atoms with Crippen LogP contribution in [0.2, 0.25) is 0 Å². The summed E-state index contributed by atoms with van der Waals surface area (Å²) in [5.41, 5.74) is 2.94. The maximum atomic E-state index is 10.4. The van der Waals surface area contributed by atoms with Gasteiger partial charge in [0, 0.05) is 32.7 Å². The quantitative estimate of drug-likeness (QED) is 0.475. The van der Waals surface area contributed by atoms with Crippen LogP contribution in [0.5, 0.6) is 5.75 Å². The molecule has 0 saturated carbocycles. The van der Waals surface area contributed by atoms with E-state index in [0.717, 1.165) is 37.3 Å². The topological polar surface area (TPSA) is 36.0 Å². The Morgan fingerprint density at radius 1 is 0.905 bits per heavy atom. The summed E-state index contributed by atoms with van der Waals surface area (Å²) in [7, 11) is 0. The van der Waals surface area contributed by atoms with Crippen LogP contribution in [0.4, 0.5) is 0 Å². The minimum atomic E-state index is 0.303. The molecule has 2 nitrogen and oxygen atoms in total. The molecule has 1 heterocycles. The molecular weight excluding hydrogens is 326 g/mol. The number of halogens is 1. The highest BCUT2D eigenvalue weighted by atomic mass is 79.9. The van der Waals surface area contributed by atoms with Gasteiger partial charge >= 0.3 is 0 Å². The number of aromatic amines is 1. The number of benzene rings is 3. The predicted octanol–water partition coefficient (Wildman–Crippen LogP) is 5.46. The fourth-order valence-electron chi connectivity index (χ4n) is 2.85. The van der Waals surface area contributed by atoms with E-state index in [1.165, 1.54) is 0 Å². The SMILES string of the molecule is Oc1ccc2ccccc2c1-c1c[nH]c2cc(Br)ccc12. The molecule has 0 aliphatic carbocycles. The zero-order chi connectivity index (χ0) is 14.4. The van der Waals surface area contributed by atoms with E-state index >= 15 is 0 Å². The van der Waals surface area contributed by atoms with Crippen molar-refractivity contribution in [3.63, 3.8) is 0 Å². The van der Waals surface area contributed by atoms with Gasteiger partial charge in [0.05, 0.1) is 0 Å². The number of hydrogen-bond donors (Lipinski definition) is 2. The third-order valence-corrected chi connectivity index (χ3v) is 4.31.